The van der Waals surface area contributed by atoms with E-state index in [0.29, 0.717) is 18.2 Å². The molecule has 1 saturated heterocycles. The third kappa shape index (κ3) is 2.64. The summed E-state index contributed by atoms with van der Waals surface area (Å²) < 4.78 is 5.82. The van der Waals surface area contributed by atoms with Gasteiger partial charge in [-0.1, -0.05) is 12.1 Å². The second-order valence-corrected chi connectivity index (χ2v) is 5.69. The van der Waals surface area contributed by atoms with E-state index >= 15 is 0 Å². The molecule has 1 unspecified atom stereocenters. The number of nitrogens with one attached hydrogen (secondary N) is 1. The maximum Gasteiger partial charge on any atom is 0.243 e. The molecule has 0 aliphatic carbocycles. The maximum absolute atomic E-state index is 11.3. The monoisotopic (exact) mass is 307 g/mol. The first-order valence-corrected chi connectivity index (χ1v) is 7.14. The highest BCUT2D eigenvalue weighted by atomic mass is 16.6. The predicted octanol–water partition coefficient (Wildman–Crippen LogP) is -2.59. The quantitative estimate of drug-likeness (QED) is 0.627. The molecule has 1 aliphatic rings. The van der Waals surface area contributed by atoms with Gasteiger partial charge in [0.1, 0.15) is 17.9 Å². The van der Waals surface area contributed by atoms with Crippen LogP contribution in [-0.2, 0) is 6.54 Å². The number of aromatic nitrogens is 5. The van der Waals surface area contributed by atoms with Gasteiger partial charge in [-0.25, -0.2) is 4.63 Å². The molecule has 10 nitrogen and oxygen atoms in total. The van der Waals surface area contributed by atoms with Crippen molar-refractivity contribution in [1.29, 1.82) is 0 Å². The lowest BCUT2D eigenvalue weighted by Crippen LogP contribution is -3.12. The summed E-state index contributed by atoms with van der Waals surface area (Å²) in [5, 5.41) is 25.9. The van der Waals surface area contributed by atoms with E-state index in [1.54, 1.807) is 0 Å². The number of likely N-dealkylation sites (tertiary alicyclic amines) is 1. The molecule has 3 rings (SSSR count). The van der Waals surface area contributed by atoms with Crippen LogP contribution in [0.3, 0.4) is 0 Å². The number of hydrogen-bond donors (Lipinski definition) is 2. The zero-order valence-corrected chi connectivity index (χ0v) is 12.2. The first kappa shape index (κ1) is 14.4. The molecule has 0 bridgehead atoms. The summed E-state index contributed by atoms with van der Waals surface area (Å²) in [5.41, 5.74) is 5.85. The van der Waals surface area contributed by atoms with Gasteiger partial charge in [0.25, 0.3) is 0 Å². The number of quaternary nitrogens is 1. The lowest BCUT2D eigenvalue weighted by atomic mass is 10.0. The number of anilines is 1. The fraction of sp³-hybridized carbons (Fsp3) is 0.583. The van der Waals surface area contributed by atoms with Crippen molar-refractivity contribution in [2.45, 2.75) is 26.3 Å². The van der Waals surface area contributed by atoms with Crippen molar-refractivity contribution in [3.63, 3.8) is 0 Å². The van der Waals surface area contributed by atoms with Gasteiger partial charge >= 0.3 is 0 Å². The number of nitrogens with zero attached hydrogens (tertiary/aromatic N) is 5. The van der Waals surface area contributed by atoms with Crippen molar-refractivity contribution in [3.05, 3.63) is 11.4 Å². The summed E-state index contributed by atoms with van der Waals surface area (Å²) in [6, 6.07) is 0. The number of hydrogen-bond acceptors (Lipinski definition) is 8. The van der Waals surface area contributed by atoms with Crippen LogP contribution in [0, 0.1) is 5.92 Å². The molecular weight excluding hydrogens is 290 g/mol. The normalized spacial score (nSPS) is 21.9. The van der Waals surface area contributed by atoms with Crippen LogP contribution in [0.1, 0.15) is 35.9 Å². The van der Waals surface area contributed by atoms with E-state index in [1.807, 2.05) is 0 Å². The van der Waals surface area contributed by atoms with Gasteiger partial charge in [0.15, 0.2) is 0 Å². The van der Waals surface area contributed by atoms with Gasteiger partial charge in [-0.05, 0) is 23.2 Å². The molecule has 3 N–H and O–H groups in total. The van der Waals surface area contributed by atoms with E-state index in [9.17, 15) is 9.90 Å². The van der Waals surface area contributed by atoms with Gasteiger partial charge in [-0.3, -0.25) is 0 Å². The Morgan fingerprint density at radius 2 is 2.36 bits per heavy atom. The Balaban J connectivity index is 1.95. The predicted molar refractivity (Wildman–Crippen MR) is 70.8 cm³/mol. The molecule has 3 heterocycles. The van der Waals surface area contributed by atoms with Gasteiger partial charge < -0.3 is 20.5 Å². The molecule has 2 aromatic rings. The van der Waals surface area contributed by atoms with Crippen LogP contribution in [0.25, 0.3) is 5.82 Å². The van der Waals surface area contributed by atoms with Crippen LogP contribution >= 0.6 is 0 Å². The second-order valence-electron chi connectivity index (χ2n) is 5.69. The standard InChI is InChI=1S/C12H17N7O3/c1-7-3-2-4-18(5-7)6-8-9(12(20)21)14-17-19(8)11-10(13)15-22-16-11/h7H,2-6H2,1H3,(H2,13,15)(H,20,21)/t7-/m0/s1. The minimum atomic E-state index is -1.37. The fourth-order valence-electron chi connectivity index (χ4n) is 2.92. The molecule has 1 fully saturated rings. The van der Waals surface area contributed by atoms with Crippen LogP contribution in [-0.4, -0.2) is 44.4 Å². The van der Waals surface area contributed by atoms with E-state index in [2.05, 4.69) is 32.2 Å². The molecule has 0 amide bonds. The number of aromatic carboxylic acids is 1. The third-order valence-electron chi connectivity index (χ3n) is 3.93. The Labute approximate surface area is 125 Å². The molecule has 0 radical (unpaired) electrons. The first-order chi connectivity index (χ1) is 10.6. The highest BCUT2D eigenvalue weighted by Gasteiger charge is 2.26. The van der Waals surface area contributed by atoms with Crippen LogP contribution in [0.5, 0.6) is 0 Å². The van der Waals surface area contributed by atoms with Crippen LogP contribution < -0.4 is 15.7 Å². The van der Waals surface area contributed by atoms with Crippen molar-refractivity contribution in [3.8, 4) is 5.82 Å². The van der Waals surface area contributed by atoms with Crippen molar-refractivity contribution >= 4 is 11.8 Å². The molecule has 2 atom stereocenters. The van der Waals surface area contributed by atoms with E-state index in [1.165, 1.54) is 16.0 Å². The van der Waals surface area contributed by atoms with Crippen molar-refractivity contribution in [2.75, 3.05) is 18.8 Å². The smallest absolute Gasteiger partial charge is 0.243 e. The summed E-state index contributed by atoms with van der Waals surface area (Å²) in [6.07, 6.45) is 2.29. The van der Waals surface area contributed by atoms with E-state index in [-0.39, 0.29) is 17.3 Å². The number of nitrogen functional groups attached to an aromatic ring is 1. The minimum absolute atomic E-state index is 0.0260. The molecule has 2 aromatic heterocycles. The van der Waals surface area contributed by atoms with Gasteiger partial charge in [0.05, 0.1) is 19.1 Å². The lowest BCUT2D eigenvalue weighted by Gasteiger charge is -2.27. The number of rotatable bonds is 4. The largest absolute Gasteiger partial charge is 0.543 e. The minimum Gasteiger partial charge on any atom is -0.543 e. The summed E-state index contributed by atoms with van der Waals surface area (Å²) in [7, 11) is 0. The summed E-state index contributed by atoms with van der Waals surface area (Å²) in [5.74, 6) is -0.614. The third-order valence-corrected chi connectivity index (χ3v) is 3.93. The zero-order valence-electron chi connectivity index (χ0n) is 12.2. The number of nitrogens with two attached hydrogens (primary N) is 1. The topological polar surface area (TPSA) is 140 Å². The van der Waals surface area contributed by atoms with Gasteiger partial charge in [0.2, 0.25) is 11.6 Å². The summed E-state index contributed by atoms with van der Waals surface area (Å²) in [6.45, 7) is 4.57. The average Bonchev–Trinajstić information content (AvgIpc) is 3.05. The number of piperidine rings is 1. The SMILES string of the molecule is C[C@H]1CCC[NH+](Cc2c(C(=O)[O-])nnn2-c2nonc2N)C1. The number of carboxylic acids is 1. The number of carboxylic acid groups (broad SMARTS) is 1. The molecule has 1 aliphatic heterocycles. The molecule has 0 aromatic carbocycles. The van der Waals surface area contributed by atoms with Gasteiger partial charge in [-0.15, -0.1) is 5.10 Å². The highest BCUT2D eigenvalue weighted by molar-refractivity contribution is 5.84. The van der Waals surface area contributed by atoms with Crippen molar-refractivity contribution < 1.29 is 19.4 Å². The Kier molecular flexibility index (Phi) is 3.75. The second kappa shape index (κ2) is 5.72. The van der Waals surface area contributed by atoms with Crippen molar-refractivity contribution in [1.82, 2.24) is 25.3 Å². The van der Waals surface area contributed by atoms with E-state index < -0.39 is 5.97 Å². The molecule has 0 spiro atoms. The maximum atomic E-state index is 11.3. The van der Waals surface area contributed by atoms with E-state index in [0.717, 1.165) is 19.5 Å². The van der Waals surface area contributed by atoms with Crippen LogP contribution in [0.2, 0.25) is 0 Å². The molecular formula is C12H17N7O3. The average molecular weight is 307 g/mol. The molecule has 118 valence electrons. The van der Waals surface area contributed by atoms with Crippen LogP contribution in [0.4, 0.5) is 5.82 Å². The molecule has 0 saturated carbocycles. The lowest BCUT2D eigenvalue weighted by molar-refractivity contribution is -0.922. The first-order valence-electron chi connectivity index (χ1n) is 7.14. The zero-order chi connectivity index (χ0) is 15.7. The van der Waals surface area contributed by atoms with E-state index in [4.69, 9.17) is 5.73 Å². The van der Waals surface area contributed by atoms with Crippen LogP contribution in [0.15, 0.2) is 4.63 Å². The Morgan fingerprint density at radius 1 is 1.55 bits per heavy atom. The highest BCUT2D eigenvalue weighted by Crippen LogP contribution is 2.15. The fourth-order valence-corrected chi connectivity index (χ4v) is 2.92. The Morgan fingerprint density at radius 3 is 3.00 bits per heavy atom. The molecule has 10 heteroatoms. The summed E-state index contributed by atoms with van der Waals surface area (Å²) >= 11 is 0. The van der Waals surface area contributed by atoms with Gasteiger partial charge in [-0.2, -0.15) is 4.68 Å². The van der Waals surface area contributed by atoms with Crippen molar-refractivity contribution in [2.24, 2.45) is 5.92 Å². The summed E-state index contributed by atoms with van der Waals surface area (Å²) in [4.78, 5) is 12.5. The van der Waals surface area contributed by atoms with Gasteiger partial charge in [0, 0.05) is 5.92 Å². The number of carbonyl (C=O) groups excluding carboxylic acids is 1. The molecule has 22 heavy (non-hydrogen) atoms. The Bertz CT molecular complexity index is 680. The number of carbonyl (C=O) groups is 1. The Hall–Kier alpha value is -2.49.